The van der Waals surface area contributed by atoms with E-state index in [1.807, 2.05) is 29.8 Å². The molecule has 0 bridgehead atoms. The van der Waals surface area contributed by atoms with Gasteiger partial charge in [0.15, 0.2) is 0 Å². The van der Waals surface area contributed by atoms with Crippen LogP contribution in [0, 0.1) is 6.57 Å². The van der Waals surface area contributed by atoms with E-state index < -0.39 is 5.60 Å². The lowest BCUT2D eigenvalue weighted by Crippen LogP contribution is -2.17. The van der Waals surface area contributed by atoms with Gasteiger partial charge in [-0.25, -0.2) is 0 Å². The van der Waals surface area contributed by atoms with E-state index in [1.54, 1.807) is 26.0 Å². The van der Waals surface area contributed by atoms with Crippen LogP contribution in [-0.2, 0) is 12.6 Å². The van der Waals surface area contributed by atoms with E-state index in [4.69, 9.17) is 12.3 Å². The smallest absolute Gasteiger partial charge is 0.230 e. The van der Waals surface area contributed by atoms with Crippen molar-refractivity contribution < 1.29 is 5.11 Å². The predicted octanol–water partition coefficient (Wildman–Crippen LogP) is 3.05. The molecule has 0 aliphatic rings. The van der Waals surface area contributed by atoms with E-state index in [-0.39, 0.29) is 0 Å². The van der Waals surface area contributed by atoms with Crippen LogP contribution in [0.1, 0.15) is 19.4 Å². The van der Waals surface area contributed by atoms with Crippen molar-refractivity contribution >= 4 is 11.5 Å². The second-order valence-corrected chi connectivity index (χ2v) is 5.11. The van der Waals surface area contributed by atoms with Crippen LogP contribution in [-0.4, -0.2) is 9.67 Å². The van der Waals surface area contributed by atoms with Gasteiger partial charge in [0.1, 0.15) is 5.69 Å². The van der Waals surface area contributed by atoms with Gasteiger partial charge in [-0.2, -0.15) is 0 Å². The highest BCUT2D eigenvalue weighted by Crippen LogP contribution is 2.32. The van der Waals surface area contributed by atoms with Crippen LogP contribution >= 0.6 is 0 Å². The predicted molar refractivity (Wildman–Crippen MR) is 76.8 cm³/mol. The number of hydrogen-bond donors (Lipinski definition) is 2. The quantitative estimate of drug-likeness (QED) is 0.640. The molecule has 0 aliphatic carbocycles. The summed E-state index contributed by atoms with van der Waals surface area (Å²) in [5, 5.41) is 10.1. The summed E-state index contributed by atoms with van der Waals surface area (Å²) in [6.45, 7) is 10.5. The van der Waals surface area contributed by atoms with Crippen LogP contribution < -0.4 is 5.73 Å². The molecular formula is C15H17N3O. The normalized spacial score (nSPS) is 11.3. The average Bonchev–Trinajstić information content (AvgIpc) is 2.70. The summed E-state index contributed by atoms with van der Waals surface area (Å²) in [7, 11) is 1.85. The number of nitrogen functional groups attached to an aromatic ring is 1. The van der Waals surface area contributed by atoms with Gasteiger partial charge in [0.2, 0.25) is 5.82 Å². The van der Waals surface area contributed by atoms with Gasteiger partial charge in [-0.3, -0.25) is 4.57 Å². The molecule has 0 atom stereocenters. The zero-order valence-electron chi connectivity index (χ0n) is 11.3. The highest BCUT2D eigenvalue weighted by molar-refractivity contribution is 5.69. The summed E-state index contributed by atoms with van der Waals surface area (Å²) in [5.41, 5.74) is 8.03. The molecule has 1 aromatic heterocycles. The van der Waals surface area contributed by atoms with Gasteiger partial charge in [-0.05, 0) is 44.2 Å². The first kappa shape index (κ1) is 13.2. The number of rotatable bonds is 2. The molecule has 2 rings (SSSR count). The third-order valence-electron chi connectivity index (χ3n) is 3.22. The lowest BCUT2D eigenvalue weighted by atomic mass is 9.94. The fourth-order valence-electron chi connectivity index (χ4n) is 2.15. The Bertz CT molecular complexity index is 657. The van der Waals surface area contributed by atoms with Gasteiger partial charge in [0.05, 0.1) is 12.6 Å². The molecule has 1 heterocycles. The van der Waals surface area contributed by atoms with Crippen molar-refractivity contribution in [1.29, 1.82) is 0 Å². The summed E-state index contributed by atoms with van der Waals surface area (Å²) in [4.78, 5) is 3.44. The number of aromatic nitrogens is 1. The SMILES string of the molecule is [C-]#[N+]c1ccc(-c2ccc(N)c(C(C)(C)O)c2)n1C. The van der Waals surface area contributed by atoms with Crippen molar-refractivity contribution in [2.75, 3.05) is 5.73 Å². The zero-order valence-corrected chi connectivity index (χ0v) is 11.3. The zero-order chi connectivity index (χ0) is 14.2. The van der Waals surface area contributed by atoms with Crippen molar-refractivity contribution in [3.05, 3.63) is 47.3 Å². The topological polar surface area (TPSA) is 55.5 Å². The molecule has 0 fully saturated rings. The minimum atomic E-state index is -0.992. The Kier molecular flexibility index (Phi) is 3.09. The molecule has 0 aliphatic heterocycles. The van der Waals surface area contributed by atoms with E-state index in [0.29, 0.717) is 17.1 Å². The second-order valence-electron chi connectivity index (χ2n) is 5.11. The second kappa shape index (κ2) is 4.45. The number of hydrogen-bond acceptors (Lipinski definition) is 2. The molecule has 19 heavy (non-hydrogen) atoms. The first-order valence-electron chi connectivity index (χ1n) is 6.00. The highest BCUT2D eigenvalue weighted by Gasteiger charge is 2.20. The standard InChI is InChI=1S/C15H17N3O/c1-15(2,19)11-9-10(5-6-12(11)16)13-7-8-14(17-3)18(13)4/h5-9,19H,16H2,1-2,4H3. The third kappa shape index (κ3) is 2.33. The van der Waals surface area contributed by atoms with Gasteiger partial charge >= 0.3 is 0 Å². The Hall–Kier alpha value is -2.25. The van der Waals surface area contributed by atoms with Crippen molar-refractivity contribution in [1.82, 2.24) is 4.57 Å². The maximum atomic E-state index is 10.1. The highest BCUT2D eigenvalue weighted by atomic mass is 16.3. The molecule has 0 radical (unpaired) electrons. The fourth-order valence-corrected chi connectivity index (χ4v) is 2.15. The molecular weight excluding hydrogens is 238 g/mol. The minimum absolute atomic E-state index is 0.566. The first-order valence-corrected chi connectivity index (χ1v) is 6.00. The van der Waals surface area contributed by atoms with Crippen molar-refractivity contribution in [3.8, 4) is 11.3 Å². The third-order valence-corrected chi connectivity index (χ3v) is 3.22. The van der Waals surface area contributed by atoms with Crippen LogP contribution in [0.4, 0.5) is 11.5 Å². The summed E-state index contributed by atoms with van der Waals surface area (Å²) in [6.07, 6.45) is 0. The average molecular weight is 255 g/mol. The minimum Gasteiger partial charge on any atom is -0.398 e. The lowest BCUT2D eigenvalue weighted by Gasteiger charge is -2.20. The van der Waals surface area contributed by atoms with Gasteiger partial charge in [-0.15, -0.1) is 0 Å². The Balaban J connectivity index is 2.59. The first-order chi connectivity index (χ1) is 8.84. The maximum Gasteiger partial charge on any atom is 0.230 e. The van der Waals surface area contributed by atoms with Crippen molar-refractivity contribution in [3.63, 3.8) is 0 Å². The number of nitrogens with two attached hydrogens (primary N) is 1. The van der Waals surface area contributed by atoms with E-state index in [2.05, 4.69) is 4.85 Å². The van der Waals surface area contributed by atoms with Crippen LogP contribution in [0.15, 0.2) is 30.3 Å². The molecule has 0 saturated heterocycles. The summed E-state index contributed by atoms with van der Waals surface area (Å²) < 4.78 is 1.83. The molecule has 4 nitrogen and oxygen atoms in total. The molecule has 0 unspecified atom stereocenters. The van der Waals surface area contributed by atoms with Crippen molar-refractivity contribution in [2.24, 2.45) is 7.05 Å². The Morgan fingerprint density at radius 1 is 1.26 bits per heavy atom. The largest absolute Gasteiger partial charge is 0.398 e. The number of nitrogens with zero attached hydrogens (tertiary/aromatic N) is 2. The summed E-state index contributed by atoms with van der Waals surface area (Å²) in [5.74, 6) is 0.580. The van der Waals surface area contributed by atoms with Crippen LogP contribution in [0.2, 0.25) is 0 Å². The molecule has 98 valence electrons. The van der Waals surface area contributed by atoms with Crippen LogP contribution in [0.5, 0.6) is 0 Å². The van der Waals surface area contributed by atoms with E-state index >= 15 is 0 Å². The maximum absolute atomic E-state index is 10.1. The number of anilines is 1. The number of aliphatic hydroxyl groups is 1. The molecule has 0 saturated carbocycles. The molecule has 0 amide bonds. The van der Waals surface area contributed by atoms with Crippen molar-refractivity contribution in [2.45, 2.75) is 19.4 Å². The Labute approximate surface area is 112 Å². The number of benzene rings is 1. The van der Waals surface area contributed by atoms with Crippen LogP contribution in [0.25, 0.3) is 16.1 Å². The fraction of sp³-hybridized carbons (Fsp3) is 0.267. The Morgan fingerprint density at radius 2 is 1.95 bits per heavy atom. The van der Waals surface area contributed by atoms with E-state index in [0.717, 1.165) is 11.3 Å². The van der Waals surface area contributed by atoms with E-state index in [9.17, 15) is 5.11 Å². The molecule has 3 N–H and O–H groups in total. The van der Waals surface area contributed by atoms with Crippen LogP contribution in [0.3, 0.4) is 0 Å². The van der Waals surface area contributed by atoms with Gasteiger partial charge in [-0.1, -0.05) is 6.57 Å². The van der Waals surface area contributed by atoms with Gasteiger partial charge in [0.25, 0.3) is 0 Å². The molecule has 2 aromatic rings. The molecule has 4 heteroatoms. The lowest BCUT2D eigenvalue weighted by molar-refractivity contribution is 0.0794. The Morgan fingerprint density at radius 3 is 2.47 bits per heavy atom. The summed E-state index contributed by atoms with van der Waals surface area (Å²) in [6, 6.07) is 9.23. The monoisotopic (exact) mass is 255 g/mol. The van der Waals surface area contributed by atoms with Gasteiger partial charge < -0.3 is 15.7 Å². The van der Waals surface area contributed by atoms with Gasteiger partial charge in [0, 0.05) is 16.8 Å². The summed E-state index contributed by atoms with van der Waals surface area (Å²) >= 11 is 0. The van der Waals surface area contributed by atoms with E-state index in [1.165, 1.54) is 0 Å². The molecule has 1 aromatic carbocycles. The molecule has 0 spiro atoms.